The van der Waals surface area contributed by atoms with Gasteiger partial charge in [-0.05, 0) is 32.1 Å². The summed E-state index contributed by atoms with van der Waals surface area (Å²) in [5.74, 6) is 0.625. The summed E-state index contributed by atoms with van der Waals surface area (Å²) in [7, 11) is 1.69. The highest BCUT2D eigenvalue weighted by atomic mass is 16.5. The van der Waals surface area contributed by atoms with Crippen molar-refractivity contribution in [3.63, 3.8) is 0 Å². The minimum Gasteiger partial charge on any atom is -0.385 e. The number of piperidine rings is 1. The van der Waals surface area contributed by atoms with Crippen LogP contribution in [0.5, 0.6) is 0 Å². The van der Waals surface area contributed by atoms with Gasteiger partial charge in [0, 0.05) is 44.7 Å². The van der Waals surface area contributed by atoms with E-state index in [0.717, 1.165) is 45.2 Å². The normalized spacial score (nSPS) is 21.6. The summed E-state index contributed by atoms with van der Waals surface area (Å²) in [6.45, 7) is 4.01. The van der Waals surface area contributed by atoms with Gasteiger partial charge in [-0.15, -0.1) is 0 Å². The predicted molar refractivity (Wildman–Crippen MR) is 76.2 cm³/mol. The lowest BCUT2D eigenvalue weighted by atomic mass is 9.84. The number of carbonyl (C=O) groups is 2. The van der Waals surface area contributed by atoms with Crippen LogP contribution >= 0.6 is 0 Å². The number of likely N-dealkylation sites (tertiary alicyclic amines) is 1. The molecule has 0 spiro atoms. The van der Waals surface area contributed by atoms with Crippen molar-refractivity contribution < 1.29 is 14.3 Å². The molecule has 1 N–H and O–H groups in total. The Morgan fingerprint density at radius 3 is 2.45 bits per heavy atom. The van der Waals surface area contributed by atoms with E-state index in [0.29, 0.717) is 13.0 Å². The molecule has 1 heterocycles. The Bertz CT molecular complexity index is 358. The zero-order chi connectivity index (χ0) is 14.6. The van der Waals surface area contributed by atoms with Gasteiger partial charge in [0.1, 0.15) is 0 Å². The van der Waals surface area contributed by atoms with Crippen molar-refractivity contribution in [2.24, 2.45) is 5.92 Å². The molecule has 5 nitrogen and oxygen atoms in total. The van der Waals surface area contributed by atoms with E-state index in [1.54, 1.807) is 7.11 Å². The lowest BCUT2D eigenvalue weighted by Crippen LogP contribution is -2.57. The Kier molecular flexibility index (Phi) is 5.02. The van der Waals surface area contributed by atoms with E-state index in [4.69, 9.17) is 4.74 Å². The van der Waals surface area contributed by atoms with Crippen LogP contribution in [0.1, 0.15) is 45.4 Å². The molecule has 0 aromatic rings. The average Bonchev–Trinajstić information content (AvgIpc) is 3.30. The number of rotatable bonds is 6. The summed E-state index contributed by atoms with van der Waals surface area (Å²) < 4.78 is 5.19. The van der Waals surface area contributed by atoms with Crippen LogP contribution in [-0.2, 0) is 14.3 Å². The summed E-state index contributed by atoms with van der Waals surface area (Å²) in [6, 6.07) is 0. The molecule has 20 heavy (non-hydrogen) atoms. The monoisotopic (exact) mass is 282 g/mol. The molecular weight excluding hydrogens is 256 g/mol. The maximum atomic E-state index is 12.1. The van der Waals surface area contributed by atoms with E-state index in [1.807, 2.05) is 11.8 Å². The van der Waals surface area contributed by atoms with Crippen LogP contribution < -0.4 is 5.32 Å². The van der Waals surface area contributed by atoms with Gasteiger partial charge in [-0.2, -0.15) is 0 Å². The minimum atomic E-state index is -0.180. The Labute approximate surface area is 121 Å². The smallest absolute Gasteiger partial charge is 0.223 e. The number of nitrogens with zero attached hydrogens (tertiary/aromatic N) is 1. The predicted octanol–water partition coefficient (Wildman–Crippen LogP) is 1.32. The van der Waals surface area contributed by atoms with Gasteiger partial charge in [0.05, 0.1) is 0 Å². The molecule has 0 unspecified atom stereocenters. The number of hydrogen-bond acceptors (Lipinski definition) is 3. The number of amides is 2. The highest BCUT2D eigenvalue weighted by Crippen LogP contribution is 2.32. The van der Waals surface area contributed by atoms with Crippen LogP contribution in [0, 0.1) is 5.92 Å². The summed E-state index contributed by atoms with van der Waals surface area (Å²) >= 11 is 0. The highest BCUT2D eigenvalue weighted by molar-refractivity contribution is 5.81. The van der Waals surface area contributed by atoms with Crippen molar-refractivity contribution in [2.45, 2.75) is 51.0 Å². The lowest BCUT2D eigenvalue weighted by Gasteiger charge is -2.42. The van der Waals surface area contributed by atoms with E-state index in [1.165, 1.54) is 0 Å². The second-order valence-electron chi connectivity index (χ2n) is 6.02. The molecule has 0 aromatic heterocycles. The van der Waals surface area contributed by atoms with Gasteiger partial charge in [0.15, 0.2) is 0 Å². The Balaban J connectivity index is 1.94. The fourth-order valence-electron chi connectivity index (χ4n) is 2.85. The SMILES string of the molecule is CCC(=O)N1CCC(CCOC)(NC(=O)C2CC2)CC1. The molecule has 114 valence electrons. The van der Waals surface area contributed by atoms with Crippen molar-refractivity contribution in [2.75, 3.05) is 26.8 Å². The first-order valence-electron chi connectivity index (χ1n) is 7.69. The van der Waals surface area contributed by atoms with Gasteiger partial charge in [0.2, 0.25) is 11.8 Å². The molecule has 2 aliphatic rings. The number of methoxy groups -OCH3 is 1. The average molecular weight is 282 g/mol. The van der Waals surface area contributed by atoms with Gasteiger partial charge in [-0.3, -0.25) is 9.59 Å². The topological polar surface area (TPSA) is 58.6 Å². The quantitative estimate of drug-likeness (QED) is 0.799. The lowest BCUT2D eigenvalue weighted by molar-refractivity contribution is -0.133. The molecule has 5 heteroatoms. The third kappa shape index (κ3) is 3.72. The van der Waals surface area contributed by atoms with E-state index >= 15 is 0 Å². The van der Waals surface area contributed by atoms with E-state index in [2.05, 4.69) is 5.32 Å². The summed E-state index contributed by atoms with van der Waals surface area (Å²) in [4.78, 5) is 25.7. The van der Waals surface area contributed by atoms with Crippen molar-refractivity contribution >= 4 is 11.8 Å². The second kappa shape index (κ2) is 6.57. The molecule has 2 amide bonds. The van der Waals surface area contributed by atoms with Crippen molar-refractivity contribution in [1.82, 2.24) is 10.2 Å². The molecule has 0 atom stereocenters. The largest absolute Gasteiger partial charge is 0.385 e. The Morgan fingerprint density at radius 2 is 1.95 bits per heavy atom. The molecule has 1 saturated heterocycles. The Hall–Kier alpha value is -1.10. The van der Waals surface area contributed by atoms with Crippen molar-refractivity contribution in [1.29, 1.82) is 0 Å². The van der Waals surface area contributed by atoms with Gasteiger partial charge in [-0.25, -0.2) is 0 Å². The fraction of sp³-hybridized carbons (Fsp3) is 0.867. The standard InChI is InChI=1S/C15H26N2O3/c1-3-13(18)17-9-6-15(7-10-17,8-11-20-2)16-14(19)12-4-5-12/h12H,3-11H2,1-2H3,(H,16,19). The van der Waals surface area contributed by atoms with Crippen LogP contribution in [0.3, 0.4) is 0 Å². The molecule has 2 rings (SSSR count). The zero-order valence-electron chi connectivity index (χ0n) is 12.6. The maximum absolute atomic E-state index is 12.1. The molecule has 0 bridgehead atoms. The first kappa shape index (κ1) is 15.3. The van der Waals surface area contributed by atoms with E-state index in [9.17, 15) is 9.59 Å². The van der Waals surface area contributed by atoms with E-state index in [-0.39, 0.29) is 23.3 Å². The van der Waals surface area contributed by atoms with Crippen LogP contribution in [0.2, 0.25) is 0 Å². The first-order valence-corrected chi connectivity index (χ1v) is 7.69. The maximum Gasteiger partial charge on any atom is 0.223 e. The number of carbonyl (C=O) groups excluding carboxylic acids is 2. The fourth-order valence-corrected chi connectivity index (χ4v) is 2.85. The zero-order valence-corrected chi connectivity index (χ0v) is 12.6. The molecule has 1 saturated carbocycles. The molecule has 0 radical (unpaired) electrons. The number of ether oxygens (including phenoxy) is 1. The number of nitrogens with one attached hydrogen (secondary N) is 1. The van der Waals surface area contributed by atoms with Crippen molar-refractivity contribution in [3.8, 4) is 0 Å². The summed E-state index contributed by atoms with van der Waals surface area (Å²) in [6.07, 6.45) is 5.09. The molecule has 0 aromatic carbocycles. The van der Waals surface area contributed by atoms with E-state index < -0.39 is 0 Å². The molecule has 1 aliphatic carbocycles. The molecule has 1 aliphatic heterocycles. The van der Waals surface area contributed by atoms with Crippen LogP contribution in [-0.4, -0.2) is 49.1 Å². The van der Waals surface area contributed by atoms with Crippen LogP contribution in [0.4, 0.5) is 0 Å². The summed E-state index contributed by atoms with van der Waals surface area (Å²) in [5, 5.41) is 3.25. The highest BCUT2D eigenvalue weighted by Gasteiger charge is 2.40. The number of hydrogen-bond donors (Lipinski definition) is 1. The molecular formula is C15H26N2O3. The van der Waals surface area contributed by atoms with Crippen molar-refractivity contribution in [3.05, 3.63) is 0 Å². The summed E-state index contributed by atoms with van der Waals surface area (Å²) in [5.41, 5.74) is -0.180. The third-order valence-corrected chi connectivity index (χ3v) is 4.50. The Morgan fingerprint density at radius 1 is 1.30 bits per heavy atom. The van der Waals surface area contributed by atoms with Gasteiger partial charge in [0.25, 0.3) is 0 Å². The van der Waals surface area contributed by atoms with Gasteiger partial charge in [-0.1, -0.05) is 6.92 Å². The van der Waals surface area contributed by atoms with Crippen LogP contribution in [0.25, 0.3) is 0 Å². The second-order valence-corrected chi connectivity index (χ2v) is 6.02. The molecule has 2 fully saturated rings. The third-order valence-electron chi connectivity index (χ3n) is 4.50. The van der Waals surface area contributed by atoms with Gasteiger partial charge < -0.3 is 15.0 Å². The first-order chi connectivity index (χ1) is 9.60. The minimum absolute atomic E-state index is 0.180. The van der Waals surface area contributed by atoms with Gasteiger partial charge >= 0.3 is 0 Å². The van der Waals surface area contributed by atoms with Crippen LogP contribution in [0.15, 0.2) is 0 Å².